The molecule has 0 fully saturated rings. The van der Waals surface area contributed by atoms with E-state index >= 15 is 0 Å². The van der Waals surface area contributed by atoms with E-state index in [-0.39, 0.29) is 17.3 Å². The first-order valence-corrected chi connectivity index (χ1v) is 15.7. The van der Waals surface area contributed by atoms with Gasteiger partial charge in [-0.15, -0.1) is 0 Å². The van der Waals surface area contributed by atoms with Gasteiger partial charge in [0.15, 0.2) is 40.4 Å². The van der Waals surface area contributed by atoms with Crippen LogP contribution in [0.5, 0.6) is 23.0 Å². The number of halogens is 1. The normalized spacial score (nSPS) is 11.3. The summed E-state index contributed by atoms with van der Waals surface area (Å²) in [6, 6.07) is 6.80. The zero-order chi connectivity index (χ0) is 33.5. The van der Waals surface area contributed by atoms with Crippen LogP contribution in [0.15, 0.2) is 60.7 Å². The van der Waals surface area contributed by atoms with Crippen molar-refractivity contribution in [2.75, 3.05) is 27.9 Å². The van der Waals surface area contributed by atoms with Crippen molar-refractivity contribution in [1.29, 1.82) is 0 Å². The van der Waals surface area contributed by atoms with E-state index in [0.717, 1.165) is 49.0 Å². The minimum Gasteiger partial charge on any atom is -0.493 e. The number of ketones is 2. The van der Waals surface area contributed by atoms with Crippen molar-refractivity contribution < 1.29 is 32.9 Å². The first kappa shape index (κ1) is 38.9. The lowest BCUT2D eigenvalue weighted by atomic mass is 10.1. The number of hydrogen-bond donors (Lipinski definition) is 0. The molecule has 0 spiro atoms. The van der Waals surface area contributed by atoms with Crippen LogP contribution in [0.3, 0.4) is 0 Å². The zero-order valence-corrected chi connectivity index (χ0v) is 28.1. The maximum atomic E-state index is 13.8. The molecule has 45 heavy (non-hydrogen) atoms. The molecule has 246 valence electrons. The quantitative estimate of drug-likeness (QED) is 0.115. The SMILES string of the molecule is CCCCC/C=C\C(=O)/C=C/c1cc(C)c(OC)c(OCC)c1.CCCCC/C=C\C(=O)/C=C/c1cc(F)c(OC)c(OC)c1. The lowest BCUT2D eigenvalue weighted by molar-refractivity contribution is -0.111. The summed E-state index contributed by atoms with van der Waals surface area (Å²) in [5.41, 5.74) is 2.46. The Bertz CT molecular complexity index is 1310. The van der Waals surface area contributed by atoms with Gasteiger partial charge in [-0.25, -0.2) is 4.39 Å². The second kappa shape index (κ2) is 23.3. The molecule has 0 saturated carbocycles. The Labute approximate surface area is 269 Å². The predicted octanol–water partition coefficient (Wildman–Crippen LogP) is 9.68. The van der Waals surface area contributed by atoms with E-state index < -0.39 is 5.82 Å². The van der Waals surface area contributed by atoms with E-state index in [4.69, 9.17) is 18.9 Å². The second-order valence-corrected chi connectivity index (χ2v) is 10.3. The maximum Gasteiger partial charge on any atom is 0.196 e. The fraction of sp³-hybridized carbons (Fsp3) is 0.421. The van der Waals surface area contributed by atoms with Crippen molar-refractivity contribution in [3.8, 4) is 23.0 Å². The molecular weight excluding hydrogens is 571 g/mol. The third-order valence-electron chi connectivity index (χ3n) is 6.62. The van der Waals surface area contributed by atoms with Gasteiger partial charge in [0.25, 0.3) is 0 Å². The number of unbranched alkanes of at least 4 members (excludes halogenated alkanes) is 6. The highest BCUT2D eigenvalue weighted by Crippen LogP contribution is 2.33. The van der Waals surface area contributed by atoms with E-state index in [1.807, 2.05) is 44.2 Å². The van der Waals surface area contributed by atoms with Gasteiger partial charge in [-0.2, -0.15) is 0 Å². The third kappa shape index (κ3) is 15.4. The number of methoxy groups -OCH3 is 3. The van der Waals surface area contributed by atoms with Gasteiger partial charge in [-0.1, -0.05) is 63.8 Å². The van der Waals surface area contributed by atoms with E-state index in [1.165, 1.54) is 45.6 Å². The van der Waals surface area contributed by atoms with Gasteiger partial charge >= 0.3 is 0 Å². The molecular formula is C38H51FO6. The highest BCUT2D eigenvalue weighted by molar-refractivity contribution is 6.02. The van der Waals surface area contributed by atoms with Gasteiger partial charge < -0.3 is 18.9 Å². The summed E-state index contributed by atoms with van der Waals surface area (Å²) < 4.78 is 34.8. The van der Waals surface area contributed by atoms with E-state index in [1.54, 1.807) is 37.5 Å². The minimum absolute atomic E-state index is 0.00734. The summed E-state index contributed by atoms with van der Waals surface area (Å²) >= 11 is 0. The lowest BCUT2D eigenvalue weighted by Crippen LogP contribution is -1.98. The van der Waals surface area contributed by atoms with Crippen LogP contribution < -0.4 is 18.9 Å². The molecule has 0 amide bonds. The summed E-state index contributed by atoms with van der Waals surface area (Å²) in [5, 5.41) is 0. The summed E-state index contributed by atoms with van der Waals surface area (Å²) in [6.45, 7) is 8.78. The molecule has 0 heterocycles. The number of carbonyl (C=O) groups excluding carboxylic acids is 2. The molecule has 0 aliphatic rings. The van der Waals surface area contributed by atoms with Crippen molar-refractivity contribution in [2.24, 2.45) is 0 Å². The Morgan fingerprint density at radius 1 is 0.667 bits per heavy atom. The number of carbonyl (C=O) groups is 2. The number of hydrogen-bond acceptors (Lipinski definition) is 6. The largest absolute Gasteiger partial charge is 0.493 e. The van der Waals surface area contributed by atoms with Gasteiger partial charge in [0.1, 0.15) is 0 Å². The summed E-state index contributed by atoms with van der Waals surface area (Å²) in [5.74, 6) is 1.17. The van der Waals surface area contributed by atoms with Crippen LogP contribution >= 0.6 is 0 Å². The first-order chi connectivity index (χ1) is 21.7. The van der Waals surface area contributed by atoms with Crippen LogP contribution in [0.2, 0.25) is 0 Å². The summed E-state index contributed by atoms with van der Waals surface area (Å²) in [7, 11) is 4.45. The van der Waals surface area contributed by atoms with Gasteiger partial charge in [0.2, 0.25) is 0 Å². The third-order valence-corrected chi connectivity index (χ3v) is 6.62. The Morgan fingerprint density at radius 2 is 1.18 bits per heavy atom. The van der Waals surface area contributed by atoms with E-state index in [0.29, 0.717) is 23.7 Å². The van der Waals surface area contributed by atoms with Gasteiger partial charge in [-0.3, -0.25) is 9.59 Å². The molecule has 0 bridgehead atoms. The summed E-state index contributed by atoms with van der Waals surface area (Å²) in [6.07, 6.45) is 22.2. The Morgan fingerprint density at radius 3 is 1.64 bits per heavy atom. The van der Waals surface area contributed by atoms with Crippen molar-refractivity contribution in [1.82, 2.24) is 0 Å². The molecule has 0 aliphatic heterocycles. The summed E-state index contributed by atoms with van der Waals surface area (Å²) in [4.78, 5) is 23.5. The van der Waals surface area contributed by atoms with Crippen LogP contribution in [0, 0.1) is 12.7 Å². The monoisotopic (exact) mass is 622 g/mol. The molecule has 2 aromatic rings. The average molecular weight is 623 g/mol. The molecule has 0 atom stereocenters. The van der Waals surface area contributed by atoms with Gasteiger partial charge in [-0.05, 0) is 105 Å². The highest BCUT2D eigenvalue weighted by atomic mass is 19.1. The molecule has 0 N–H and O–H groups in total. The van der Waals surface area contributed by atoms with Gasteiger partial charge in [0, 0.05) is 0 Å². The van der Waals surface area contributed by atoms with Crippen LogP contribution in [0.25, 0.3) is 12.2 Å². The number of allylic oxidation sites excluding steroid dienone is 6. The average Bonchev–Trinajstić information content (AvgIpc) is 3.02. The van der Waals surface area contributed by atoms with Crippen LogP contribution in [0.1, 0.15) is 88.8 Å². The minimum atomic E-state index is -0.524. The van der Waals surface area contributed by atoms with Crippen LogP contribution in [0.4, 0.5) is 4.39 Å². The smallest absolute Gasteiger partial charge is 0.196 e. The molecule has 0 aromatic heterocycles. The molecule has 0 aliphatic carbocycles. The Kier molecular flexibility index (Phi) is 20.1. The van der Waals surface area contributed by atoms with Crippen LogP contribution in [-0.2, 0) is 9.59 Å². The number of ether oxygens (including phenoxy) is 4. The molecule has 2 aromatic carbocycles. The topological polar surface area (TPSA) is 71.1 Å². The fourth-order valence-corrected chi connectivity index (χ4v) is 4.31. The maximum absolute atomic E-state index is 13.8. The van der Waals surface area contributed by atoms with Crippen molar-refractivity contribution in [3.05, 3.63) is 83.2 Å². The number of rotatable bonds is 19. The zero-order valence-electron chi connectivity index (χ0n) is 28.1. The van der Waals surface area contributed by atoms with Crippen molar-refractivity contribution >= 4 is 23.7 Å². The predicted molar refractivity (Wildman–Crippen MR) is 183 cm³/mol. The van der Waals surface area contributed by atoms with E-state index in [2.05, 4.69) is 13.8 Å². The Balaban J connectivity index is 0.000000450. The van der Waals surface area contributed by atoms with E-state index in [9.17, 15) is 14.0 Å². The molecule has 6 nitrogen and oxygen atoms in total. The molecule has 0 radical (unpaired) electrons. The molecule has 0 saturated heterocycles. The standard InChI is InChI=1S/C20H28O3.C18H23FO3/c1-5-7-8-9-10-11-18(21)13-12-17-14-16(3)20(22-4)19(15-17)23-6-2;1-4-5-6-7-8-9-15(20)11-10-14-12-16(19)18(22-3)17(13-14)21-2/h10-15H,5-9H2,1-4H3;8-13H,4-7H2,1-3H3/b11-10-,13-12+;9-8-,11-10+. The van der Waals surface area contributed by atoms with Gasteiger partial charge in [0.05, 0.1) is 27.9 Å². The second-order valence-electron chi connectivity index (χ2n) is 10.3. The molecule has 7 heteroatoms. The fourth-order valence-electron chi connectivity index (χ4n) is 4.31. The molecule has 2 rings (SSSR count). The lowest BCUT2D eigenvalue weighted by Gasteiger charge is -2.12. The number of aryl methyl sites for hydroxylation is 1. The highest BCUT2D eigenvalue weighted by Gasteiger charge is 2.11. The molecule has 0 unspecified atom stereocenters. The van der Waals surface area contributed by atoms with Crippen molar-refractivity contribution in [3.63, 3.8) is 0 Å². The van der Waals surface area contributed by atoms with Crippen LogP contribution in [-0.4, -0.2) is 39.5 Å². The number of benzene rings is 2. The Hall–Kier alpha value is -4.13. The first-order valence-electron chi connectivity index (χ1n) is 15.7. The van der Waals surface area contributed by atoms with Crippen molar-refractivity contribution in [2.45, 2.75) is 79.1 Å².